The van der Waals surface area contributed by atoms with Gasteiger partial charge in [0.05, 0.1) is 5.56 Å². The molecule has 0 saturated heterocycles. The zero-order chi connectivity index (χ0) is 13.7. The lowest BCUT2D eigenvalue weighted by Gasteiger charge is -2.24. The molecule has 1 atom stereocenters. The van der Waals surface area contributed by atoms with Crippen LogP contribution in [0.4, 0.5) is 8.78 Å². The average molecular weight is 258 g/mol. The Hall–Kier alpha value is -1.69. The first-order chi connectivity index (χ1) is 8.47. The molecule has 4 nitrogen and oxygen atoms in total. The zero-order valence-corrected chi connectivity index (χ0v) is 10.3. The molecule has 0 aliphatic carbocycles. The van der Waals surface area contributed by atoms with Crippen molar-refractivity contribution >= 4 is 5.91 Å². The van der Waals surface area contributed by atoms with E-state index in [0.717, 1.165) is 0 Å². The van der Waals surface area contributed by atoms with Crippen LogP contribution in [0.2, 0.25) is 0 Å². The molecule has 100 valence electrons. The van der Waals surface area contributed by atoms with Crippen LogP contribution in [0.25, 0.3) is 0 Å². The van der Waals surface area contributed by atoms with E-state index in [-0.39, 0.29) is 17.4 Å². The molecular formula is C12H16F2N2O2. The van der Waals surface area contributed by atoms with Crippen molar-refractivity contribution in [2.45, 2.75) is 19.6 Å². The summed E-state index contributed by atoms with van der Waals surface area (Å²) in [5, 5.41) is 0. The van der Waals surface area contributed by atoms with Gasteiger partial charge in [0.25, 0.3) is 5.91 Å². The van der Waals surface area contributed by atoms with Crippen LogP contribution in [0.3, 0.4) is 0 Å². The quantitative estimate of drug-likeness (QED) is 0.874. The number of nitrogens with two attached hydrogens (primary N) is 1. The molecule has 1 unspecified atom stereocenters. The van der Waals surface area contributed by atoms with E-state index in [1.165, 1.54) is 23.1 Å². The van der Waals surface area contributed by atoms with E-state index in [9.17, 15) is 13.6 Å². The van der Waals surface area contributed by atoms with Crippen molar-refractivity contribution in [3.63, 3.8) is 0 Å². The number of carbonyl (C=O) groups excluding carboxylic acids is 1. The molecule has 1 aromatic carbocycles. The summed E-state index contributed by atoms with van der Waals surface area (Å²) in [5.41, 5.74) is 5.56. The highest BCUT2D eigenvalue weighted by atomic mass is 19.3. The van der Waals surface area contributed by atoms with Crippen molar-refractivity contribution < 1.29 is 18.3 Å². The van der Waals surface area contributed by atoms with Gasteiger partial charge in [-0.05, 0) is 19.1 Å². The van der Waals surface area contributed by atoms with Gasteiger partial charge in [0.1, 0.15) is 5.75 Å². The summed E-state index contributed by atoms with van der Waals surface area (Å²) in [4.78, 5) is 13.5. The van der Waals surface area contributed by atoms with Crippen LogP contribution in [-0.2, 0) is 0 Å². The van der Waals surface area contributed by atoms with Crippen molar-refractivity contribution in [1.29, 1.82) is 0 Å². The summed E-state index contributed by atoms with van der Waals surface area (Å²) >= 11 is 0. The molecule has 6 heteroatoms. The molecule has 1 aromatic rings. The second-order valence-corrected chi connectivity index (χ2v) is 3.88. The number of hydrogen-bond acceptors (Lipinski definition) is 3. The summed E-state index contributed by atoms with van der Waals surface area (Å²) < 4.78 is 28.8. The van der Waals surface area contributed by atoms with Gasteiger partial charge in [0.15, 0.2) is 0 Å². The van der Waals surface area contributed by atoms with E-state index in [4.69, 9.17) is 5.73 Å². The third kappa shape index (κ3) is 3.40. The Labute approximate surface area is 104 Å². The van der Waals surface area contributed by atoms with Gasteiger partial charge in [-0.1, -0.05) is 12.1 Å². The zero-order valence-electron chi connectivity index (χ0n) is 10.3. The van der Waals surface area contributed by atoms with Crippen molar-refractivity contribution in [2.75, 3.05) is 13.6 Å². The highest BCUT2D eigenvalue weighted by Gasteiger charge is 2.21. The van der Waals surface area contributed by atoms with Crippen molar-refractivity contribution in [2.24, 2.45) is 5.73 Å². The van der Waals surface area contributed by atoms with Crippen LogP contribution in [0.1, 0.15) is 17.3 Å². The van der Waals surface area contributed by atoms with Crippen molar-refractivity contribution in [1.82, 2.24) is 4.90 Å². The number of benzene rings is 1. The summed E-state index contributed by atoms with van der Waals surface area (Å²) in [7, 11) is 1.57. The van der Waals surface area contributed by atoms with E-state index in [1.54, 1.807) is 20.0 Å². The van der Waals surface area contributed by atoms with Crippen LogP contribution in [0, 0.1) is 0 Å². The van der Waals surface area contributed by atoms with Gasteiger partial charge in [-0.2, -0.15) is 8.78 Å². The maximum absolute atomic E-state index is 12.2. The number of alkyl halides is 2. The number of rotatable bonds is 5. The summed E-state index contributed by atoms with van der Waals surface area (Å²) in [6, 6.07) is 5.71. The fourth-order valence-corrected chi connectivity index (χ4v) is 1.39. The van der Waals surface area contributed by atoms with Crippen LogP contribution in [-0.4, -0.2) is 37.1 Å². The summed E-state index contributed by atoms with van der Waals surface area (Å²) in [6.07, 6.45) is 0. The van der Waals surface area contributed by atoms with E-state index >= 15 is 0 Å². The minimum atomic E-state index is -2.96. The molecule has 0 aromatic heterocycles. The van der Waals surface area contributed by atoms with Gasteiger partial charge >= 0.3 is 6.61 Å². The van der Waals surface area contributed by atoms with Crippen LogP contribution >= 0.6 is 0 Å². The molecule has 0 spiro atoms. The number of ether oxygens (including phenoxy) is 1. The topological polar surface area (TPSA) is 55.6 Å². The molecule has 0 fully saturated rings. The molecule has 18 heavy (non-hydrogen) atoms. The molecule has 1 rings (SSSR count). The van der Waals surface area contributed by atoms with Gasteiger partial charge in [0.2, 0.25) is 0 Å². The average Bonchev–Trinajstić information content (AvgIpc) is 2.36. The maximum atomic E-state index is 12.2. The van der Waals surface area contributed by atoms with Gasteiger partial charge in [-0.15, -0.1) is 0 Å². The fraction of sp³-hybridized carbons (Fsp3) is 0.417. The third-order valence-corrected chi connectivity index (χ3v) is 2.66. The van der Waals surface area contributed by atoms with Gasteiger partial charge < -0.3 is 15.4 Å². The normalized spacial score (nSPS) is 12.3. The molecule has 0 heterocycles. The number of nitrogens with zero attached hydrogens (tertiary/aromatic N) is 1. The second-order valence-electron chi connectivity index (χ2n) is 3.88. The lowest BCUT2D eigenvalue weighted by atomic mass is 10.1. The second kappa shape index (κ2) is 6.30. The van der Waals surface area contributed by atoms with Crippen LogP contribution in [0.15, 0.2) is 24.3 Å². The standard InChI is InChI=1S/C12H16F2N2O2/c1-8(7-15)16(2)11(17)9-5-3-4-6-10(9)18-12(13)14/h3-6,8,12H,7,15H2,1-2H3. The summed E-state index contributed by atoms with van der Waals surface area (Å²) in [6.45, 7) is -0.898. The van der Waals surface area contributed by atoms with Gasteiger partial charge in [-0.3, -0.25) is 4.79 Å². The highest BCUT2D eigenvalue weighted by molar-refractivity contribution is 5.97. The monoisotopic (exact) mass is 258 g/mol. The van der Waals surface area contributed by atoms with E-state index in [1.807, 2.05) is 0 Å². The maximum Gasteiger partial charge on any atom is 0.387 e. The summed E-state index contributed by atoms with van der Waals surface area (Å²) in [5.74, 6) is -0.530. The smallest absolute Gasteiger partial charge is 0.387 e. The molecule has 1 amide bonds. The number of halogens is 2. The first-order valence-electron chi connectivity index (χ1n) is 5.48. The van der Waals surface area contributed by atoms with E-state index < -0.39 is 12.5 Å². The minimum absolute atomic E-state index is 0.0978. The predicted molar refractivity (Wildman–Crippen MR) is 63.7 cm³/mol. The molecule has 0 aliphatic heterocycles. The van der Waals surface area contributed by atoms with E-state index in [2.05, 4.69) is 4.74 Å². The minimum Gasteiger partial charge on any atom is -0.434 e. The molecule has 0 saturated carbocycles. The predicted octanol–water partition coefficient (Wildman–Crippen LogP) is 1.71. The van der Waals surface area contributed by atoms with Crippen LogP contribution in [0.5, 0.6) is 5.75 Å². The van der Waals surface area contributed by atoms with Gasteiger partial charge in [-0.25, -0.2) is 0 Å². The Kier molecular flexibility index (Phi) is 5.03. The Bertz CT molecular complexity index is 413. The van der Waals surface area contributed by atoms with Crippen molar-refractivity contribution in [3.8, 4) is 5.75 Å². The van der Waals surface area contributed by atoms with E-state index in [0.29, 0.717) is 6.54 Å². The SMILES string of the molecule is CC(CN)N(C)C(=O)c1ccccc1OC(F)F. The first kappa shape index (κ1) is 14.4. The fourth-order valence-electron chi connectivity index (χ4n) is 1.39. The number of hydrogen-bond donors (Lipinski definition) is 1. The van der Waals surface area contributed by atoms with Crippen molar-refractivity contribution in [3.05, 3.63) is 29.8 Å². The first-order valence-corrected chi connectivity index (χ1v) is 5.48. The lowest BCUT2D eigenvalue weighted by molar-refractivity contribution is -0.0502. The number of amides is 1. The molecular weight excluding hydrogens is 242 g/mol. The number of carbonyl (C=O) groups is 1. The number of likely N-dealkylation sites (N-methyl/N-ethyl adjacent to an activating group) is 1. The Morgan fingerprint density at radius 2 is 2.06 bits per heavy atom. The Morgan fingerprint density at radius 3 is 2.61 bits per heavy atom. The molecule has 0 aliphatic rings. The number of para-hydroxylation sites is 1. The highest BCUT2D eigenvalue weighted by Crippen LogP contribution is 2.22. The third-order valence-electron chi connectivity index (χ3n) is 2.66. The van der Waals surface area contributed by atoms with Gasteiger partial charge in [0, 0.05) is 19.6 Å². The Morgan fingerprint density at radius 1 is 1.44 bits per heavy atom. The lowest BCUT2D eigenvalue weighted by Crippen LogP contribution is -2.39. The molecule has 0 radical (unpaired) electrons. The molecule has 0 bridgehead atoms. The molecule has 2 N–H and O–H groups in total. The van der Waals surface area contributed by atoms with Crippen LogP contribution < -0.4 is 10.5 Å². The largest absolute Gasteiger partial charge is 0.434 e. The Balaban J connectivity index is 2.98.